The van der Waals surface area contributed by atoms with Gasteiger partial charge in [-0.25, -0.2) is 0 Å². The fraction of sp³-hybridized carbons (Fsp3) is 0.400. The third-order valence-electron chi connectivity index (χ3n) is 4.96. The summed E-state index contributed by atoms with van der Waals surface area (Å²) >= 11 is 0. The normalized spacial score (nSPS) is 25.0. The number of benzene rings is 2. The zero-order valence-corrected chi connectivity index (χ0v) is 15.9. The summed E-state index contributed by atoms with van der Waals surface area (Å²) in [5.74, 6) is 0.909. The van der Waals surface area contributed by atoms with Crippen LogP contribution in [-0.2, 0) is 6.16 Å². The van der Waals surface area contributed by atoms with Crippen LogP contribution in [0.25, 0.3) is 0 Å². The summed E-state index contributed by atoms with van der Waals surface area (Å²) < 4.78 is 0. The molecular formula is C20H26BrP. The summed E-state index contributed by atoms with van der Waals surface area (Å²) in [6.07, 6.45) is 8.42. The van der Waals surface area contributed by atoms with Crippen LogP contribution in [0.4, 0.5) is 0 Å². The van der Waals surface area contributed by atoms with Crippen LogP contribution in [0.5, 0.6) is 0 Å². The fourth-order valence-electron chi connectivity index (χ4n) is 3.65. The molecule has 1 aliphatic rings. The highest BCUT2D eigenvalue weighted by atomic mass is 79.9. The molecule has 2 unspecified atom stereocenters. The van der Waals surface area contributed by atoms with Gasteiger partial charge < -0.3 is 17.0 Å². The first-order chi connectivity index (χ1) is 10.3. The zero-order chi connectivity index (χ0) is 14.5. The first kappa shape index (κ1) is 17.7. The molecule has 1 fully saturated rings. The van der Waals surface area contributed by atoms with E-state index in [0.717, 1.165) is 5.92 Å². The number of rotatable bonds is 3. The maximum atomic E-state index is 2.44. The van der Waals surface area contributed by atoms with E-state index in [0.29, 0.717) is 0 Å². The van der Waals surface area contributed by atoms with Crippen LogP contribution >= 0.6 is 7.26 Å². The fourth-order valence-corrected chi connectivity index (χ4v) is 8.33. The van der Waals surface area contributed by atoms with E-state index in [1.807, 2.05) is 0 Å². The van der Waals surface area contributed by atoms with Gasteiger partial charge >= 0.3 is 0 Å². The number of hydrogen-bond acceptors (Lipinski definition) is 0. The molecule has 0 aliphatic carbocycles. The Morgan fingerprint density at radius 1 is 0.864 bits per heavy atom. The van der Waals surface area contributed by atoms with Crippen molar-refractivity contribution in [3.8, 4) is 0 Å². The van der Waals surface area contributed by atoms with Crippen LogP contribution in [0.15, 0.2) is 60.7 Å². The van der Waals surface area contributed by atoms with Crippen molar-refractivity contribution in [2.24, 2.45) is 5.92 Å². The lowest BCUT2D eigenvalue weighted by molar-refractivity contribution is -0.00000442. The van der Waals surface area contributed by atoms with Gasteiger partial charge in [0.15, 0.2) is 0 Å². The van der Waals surface area contributed by atoms with Gasteiger partial charge in [-0.05, 0) is 42.9 Å². The Hall–Kier alpha value is -0.650. The van der Waals surface area contributed by atoms with Gasteiger partial charge in [-0.1, -0.05) is 55.5 Å². The minimum Gasteiger partial charge on any atom is -1.00 e. The van der Waals surface area contributed by atoms with Crippen molar-refractivity contribution >= 4 is 12.6 Å². The highest BCUT2D eigenvalue weighted by Gasteiger charge is 2.41. The molecule has 0 N–H and O–H groups in total. The van der Waals surface area contributed by atoms with Crippen LogP contribution < -0.4 is 22.3 Å². The summed E-state index contributed by atoms with van der Waals surface area (Å²) in [6, 6.07) is 22.6. The molecule has 1 heterocycles. The van der Waals surface area contributed by atoms with E-state index in [4.69, 9.17) is 0 Å². The molecule has 1 aliphatic heterocycles. The van der Waals surface area contributed by atoms with Crippen molar-refractivity contribution in [2.75, 3.05) is 12.3 Å². The quantitative estimate of drug-likeness (QED) is 0.721. The maximum Gasteiger partial charge on any atom is 0.0943 e. The average molecular weight is 377 g/mol. The van der Waals surface area contributed by atoms with Gasteiger partial charge in [0.2, 0.25) is 0 Å². The van der Waals surface area contributed by atoms with Crippen molar-refractivity contribution in [3.05, 3.63) is 66.2 Å². The summed E-state index contributed by atoms with van der Waals surface area (Å²) in [5.41, 5.74) is 1.53. The molecule has 3 rings (SSSR count). The first-order valence-corrected chi connectivity index (χ1v) is 10.6. The van der Waals surface area contributed by atoms with E-state index in [2.05, 4.69) is 67.6 Å². The van der Waals surface area contributed by atoms with Gasteiger partial charge in [0.1, 0.15) is 0 Å². The van der Waals surface area contributed by atoms with E-state index in [1.165, 1.54) is 43.3 Å². The van der Waals surface area contributed by atoms with Gasteiger partial charge in [-0.2, -0.15) is 0 Å². The Balaban J connectivity index is 0.00000176. The molecule has 0 aromatic heterocycles. The highest BCUT2D eigenvalue weighted by Crippen LogP contribution is 2.63. The molecule has 0 nitrogen and oxygen atoms in total. The van der Waals surface area contributed by atoms with E-state index in [9.17, 15) is 0 Å². The van der Waals surface area contributed by atoms with Gasteiger partial charge in [0.25, 0.3) is 0 Å². The largest absolute Gasteiger partial charge is 1.00 e. The van der Waals surface area contributed by atoms with Crippen molar-refractivity contribution in [1.82, 2.24) is 0 Å². The summed E-state index contributed by atoms with van der Waals surface area (Å²) in [6.45, 7) is 2.44. The Morgan fingerprint density at radius 3 is 2.18 bits per heavy atom. The highest BCUT2D eigenvalue weighted by molar-refractivity contribution is 7.82. The molecule has 0 spiro atoms. The molecule has 118 valence electrons. The van der Waals surface area contributed by atoms with E-state index in [-0.39, 0.29) is 17.0 Å². The van der Waals surface area contributed by atoms with Crippen LogP contribution in [-0.4, -0.2) is 12.3 Å². The predicted molar refractivity (Wildman–Crippen MR) is 95.9 cm³/mol. The summed E-state index contributed by atoms with van der Waals surface area (Å²) in [7, 11) is -1.05. The first-order valence-electron chi connectivity index (χ1n) is 8.24. The van der Waals surface area contributed by atoms with Crippen molar-refractivity contribution in [2.45, 2.75) is 32.3 Å². The monoisotopic (exact) mass is 376 g/mol. The Bertz CT molecular complexity index is 554. The second-order valence-corrected chi connectivity index (χ2v) is 10.6. The summed E-state index contributed by atoms with van der Waals surface area (Å²) in [4.78, 5) is 0. The van der Waals surface area contributed by atoms with Crippen LogP contribution in [0.2, 0.25) is 0 Å². The third-order valence-corrected chi connectivity index (χ3v) is 9.62. The zero-order valence-electron chi connectivity index (χ0n) is 13.4. The van der Waals surface area contributed by atoms with E-state index in [1.54, 1.807) is 5.30 Å². The lowest BCUT2D eigenvalue weighted by Gasteiger charge is -2.26. The van der Waals surface area contributed by atoms with E-state index < -0.39 is 7.26 Å². The Kier molecular flexibility index (Phi) is 6.66. The molecule has 0 radical (unpaired) electrons. The lowest BCUT2D eigenvalue weighted by Crippen LogP contribution is -3.00. The molecule has 0 saturated carbocycles. The Morgan fingerprint density at radius 2 is 1.50 bits per heavy atom. The van der Waals surface area contributed by atoms with E-state index >= 15 is 0 Å². The maximum absolute atomic E-state index is 2.44. The van der Waals surface area contributed by atoms with Crippen molar-refractivity contribution < 1.29 is 17.0 Å². The SMILES string of the molecule is CC1CCC[P+](Cc2ccccc2)(c2ccccc2)CC1.[Br-]. The molecule has 2 aromatic carbocycles. The van der Waals surface area contributed by atoms with Crippen molar-refractivity contribution in [3.63, 3.8) is 0 Å². The van der Waals surface area contributed by atoms with Crippen LogP contribution in [0.3, 0.4) is 0 Å². The topological polar surface area (TPSA) is 0 Å². The molecule has 0 bridgehead atoms. The number of hydrogen-bond donors (Lipinski definition) is 0. The number of halogens is 1. The molecular weight excluding hydrogens is 351 g/mol. The second kappa shape index (κ2) is 8.27. The predicted octanol–water partition coefficient (Wildman–Crippen LogP) is 2.35. The van der Waals surface area contributed by atoms with Gasteiger partial charge in [0, 0.05) is 0 Å². The molecule has 0 amide bonds. The minimum absolute atomic E-state index is 0. The summed E-state index contributed by atoms with van der Waals surface area (Å²) in [5, 5.41) is 1.66. The molecule has 22 heavy (non-hydrogen) atoms. The molecule has 2 heteroatoms. The van der Waals surface area contributed by atoms with Crippen LogP contribution in [0.1, 0.15) is 31.7 Å². The smallest absolute Gasteiger partial charge is 0.0943 e. The lowest BCUT2D eigenvalue weighted by atomic mass is 10.0. The van der Waals surface area contributed by atoms with Gasteiger partial charge in [0.05, 0.1) is 31.1 Å². The second-order valence-electron chi connectivity index (χ2n) is 6.61. The van der Waals surface area contributed by atoms with Crippen LogP contribution in [0, 0.1) is 5.92 Å². The van der Waals surface area contributed by atoms with Gasteiger partial charge in [-0.3, -0.25) is 0 Å². The Labute approximate surface area is 146 Å². The van der Waals surface area contributed by atoms with Crippen molar-refractivity contribution in [1.29, 1.82) is 0 Å². The third kappa shape index (κ3) is 4.21. The minimum atomic E-state index is -1.05. The average Bonchev–Trinajstić information content (AvgIpc) is 2.72. The van der Waals surface area contributed by atoms with Gasteiger partial charge in [-0.15, -0.1) is 0 Å². The molecule has 1 saturated heterocycles. The standard InChI is InChI=1S/C20H26P.BrH/c1-18-9-8-15-21(16-14-18,20-12-6-3-7-13-20)17-19-10-4-2-5-11-19;/h2-7,10-13,18H,8-9,14-17H2,1H3;1H/q+1;/p-1. The molecule has 2 atom stereocenters. The molecule has 2 aromatic rings.